The summed E-state index contributed by atoms with van der Waals surface area (Å²) in [5.41, 5.74) is 9.85. The van der Waals surface area contributed by atoms with Crippen molar-refractivity contribution in [3.8, 4) is 0 Å². The van der Waals surface area contributed by atoms with E-state index in [-0.39, 0.29) is 59.4 Å². The molecule has 1 aliphatic rings. The Morgan fingerprint density at radius 3 is 0.500 bits per heavy atom. The Morgan fingerprint density at radius 1 is 0.333 bits per heavy atom. The topological polar surface area (TPSA) is 83.1 Å². The summed E-state index contributed by atoms with van der Waals surface area (Å²) in [5, 5.41) is 0. The third kappa shape index (κ3) is 91.9. The molecule has 1 heterocycles. The van der Waals surface area contributed by atoms with Crippen molar-refractivity contribution in [2.24, 2.45) is 0 Å². The molecule has 0 bridgehead atoms. The van der Waals surface area contributed by atoms with Crippen LogP contribution in [0.5, 0.6) is 0 Å². The van der Waals surface area contributed by atoms with Gasteiger partial charge in [0.25, 0.3) is 0 Å². The Hall–Kier alpha value is 2.18. The summed E-state index contributed by atoms with van der Waals surface area (Å²) in [6, 6.07) is 0. The Morgan fingerprint density at radius 2 is 0.436 bits per heavy atom. The molecule has 0 atom stereocenters. The first kappa shape index (κ1) is 105. The van der Waals surface area contributed by atoms with E-state index in [4.69, 9.17) is 44.7 Å². The molecule has 1 rings (SSSR count). The molecule has 1 aliphatic heterocycles. The minimum absolute atomic E-state index is 0. The van der Waals surface area contributed by atoms with Crippen LogP contribution in [0.4, 0.5) is 0 Å². The van der Waals surface area contributed by atoms with E-state index in [2.05, 4.69) is 259 Å². The van der Waals surface area contributed by atoms with E-state index < -0.39 is 133 Å². The Balaban J connectivity index is -0.0000000410. The van der Waals surface area contributed by atoms with Gasteiger partial charge in [0.1, 0.15) is 0 Å². The van der Waals surface area contributed by atoms with E-state index in [0.29, 0.717) is 0 Å². The SMILES string of the molecule is C.C.C.C.C.C.C.C.C=C[Si](C)(C)O[Si](C)(C)C.C=C[Si](C)(C)O[Si](C)(C)C=C.C=C[Si](C)(C)O[Si](C)(C)C=C.CC.C[Si](C)(C)O[Si](C)(C)C.C[Si](C)(C)O[Si](C)(C)C.C[Si]1(C)O[Si](C)(C)O[Si](C)(C)O[Si](C)(C)O1.[2H][2H].[2H][2H].[2H][V]([2H])=[S]. The van der Waals surface area contributed by atoms with Gasteiger partial charge in [-0.1, -0.05) is 102 Å². The molecule has 491 valence electrons. The predicted molar refractivity (Wildman–Crippen MR) is 415 cm³/mol. The molecule has 78 heavy (non-hydrogen) atoms. The van der Waals surface area contributed by atoms with Crippen LogP contribution in [0.3, 0.4) is 0 Å². The van der Waals surface area contributed by atoms with Crippen molar-refractivity contribution < 1.29 is 58.4 Å². The molecule has 0 aromatic carbocycles. The van der Waals surface area contributed by atoms with Gasteiger partial charge in [-0.3, -0.25) is 0 Å². The molecule has 9 nitrogen and oxygen atoms in total. The van der Waals surface area contributed by atoms with E-state index in [1.165, 1.54) is 0 Å². The van der Waals surface area contributed by atoms with Crippen LogP contribution in [0.1, 0.15) is 79.2 Å². The van der Waals surface area contributed by atoms with Gasteiger partial charge >= 0.3 is 61.7 Å². The van der Waals surface area contributed by atoms with Crippen molar-refractivity contribution in [1.82, 2.24) is 0 Å². The van der Waals surface area contributed by atoms with Gasteiger partial charge in [-0.2, -0.15) is 0 Å². The molecule has 0 aromatic heterocycles. The van der Waals surface area contributed by atoms with Gasteiger partial charge < -0.3 is 37.0 Å². The fraction of sp³-hybridized carbons (Fsp3) is 0.811. The molecular weight excluding hydrogens is 1260 g/mol. The molecule has 1 fully saturated rings. The fourth-order valence-electron chi connectivity index (χ4n) is 6.64. The number of hydrogen-bond donors (Lipinski definition) is 0. The second-order valence-electron chi connectivity index (χ2n) is 26.1. The molecular formula is C53H158O9SSi14V. The molecule has 1 saturated heterocycles. The normalized spacial score (nSPS) is 15.6. The molecule has 0 unspecified atom stereocenters. The summed E-state index contributed by atoms with van der Waals surface area (Å²) in [4.78, 5) is 0. The molecule has 25 heteroatoms. The standard InChI is InChI=1S/C8H24O4Si4.2C8H18OSi2.C7H18OSi2.2C6H18OSi2.C2H6.8CH4.S.V.2H2.2H/c1-13(2)9-14(3,4)11-16(7,8)12-15(5,6)10-13;2*1-7-10(3,4)9-11(5,6)8-2;1-7-10(5,6)8-9(2,3)4;2*1-8(2,3)7-9(4,5)6;1-2;;;;;;;;;;;;;;/h1-8H3;2*7-8H,1-2H2,3-6H3;7H,1H2,2-6H3;2*1-6H3;1-2H3;8*1H4;;;2*1H;;/i;;;;;;;;;;;;;;;;;2*1+1D;2*1+1. The van der Waals surface area contributed by atoms with Crippen LogP contribution in [0.2, 0.25) is 216 Å². The van der Waals surface area contributed by atoms with Crippen molar-refractivity contribution in [3.05, 3.63) is 61.4 Å². The molecule has 0 spiro atoms. The van der Waals surface area contributed by atoms with Gasteiger partial charge in [0.15, 0.2) is 83.2 Å². The second kappa shape index (κ2) is 48.2. The van der Waals surface area contributed by atoms with E-state index in [9.17, 15) is 0 Å². The van der Waals surface area contributed by atoms with E-state index >= 15 is 0 Å². The van der Waals surface area contributed by atoms with Gasteiger partial charge in [-0.15, -0.1) is 32.9 Å². The molecule has 0 N–H and O–H groups in total. The van der Waals surface area contributed by atoms with E-state index in [1.807, 2.05) is 42.3 Å². The van der Waals surface area contributed by atoms with Crippen LogP contribution in [0.25, 0.3) is 0 Å². The zero-order valence-electron chi connectivity index (χ0n) is 59.0. The summed E-state index contributed by atoms with van der Waals surface area (Å²) < 4.78 is 86.7. The summed E-state index contributed by atoms with van der Waals surface area (Å²) >= 11 is -2.10. The Labute approximate surface area is 534 Å². The number of rotatable bonds is 15. The van der Waals surface area contributed by atoms with Crippen LogP contribution in [-0.2, 0) is 52.5 Å². The van der Waals surface area contributed by atoms with Gasteiger partial charge in [-0.25, -0.2) is 0 Å². The first-order valence-corrected chi connectivity index (χ1v) is 70.2. The Bertz CT molecular complexity index is 1400. The molecule has 0 radical (unpaired) electrons. The first-order valence-electron chi connectivity index (χ1n) is 27.7. The van der Waals surface area contributed by atoms with Gasteiger partial charge in [-0.05, 0) is 216 Å². The summed E-state index contributed by atoms with van der Waals surface area (Å²) in [5.74, 6) is 0. The van der Waals surface area contributed by atoms with Crippen LogP contribution in [-0.4, -0.2) is 119 Å². The fourth-order valence-corrected chi connectivity index (χ4v) is 61.3. The van der Waals surface area contributed by atoms with Gasteiger partial charge in [0.05, 0.1) is 0 Å². The second-order valence-corrected chi connectivity index (χ2v) is 83.9. The van der Waals surface area contributed by atoms with E-state index in [1.54, 1.807) is 0 Å². The predicted octanol–water partition coefficient (Wildman–Crippen LogP) is 23.4. The molecule has 0 aliphatic carbocycles. The first-order chi connectivity index (χ1) is 32.9. The van der Waals surface area contributed by atoms with Gasteiger partial charge in [0.2, 0.25) is 0 Å². The van der Waals surface area contributed by atoms with Crippen LogP contribution < -0.4 is 0 Å². The molecule has 0 saturated carbocycles. The van der Waals surface area contributed by atoms with Crippen LogP contribution in [0.15, 0.2) is 61.4 Å². The summed E-state index contributed by atoms with van der Waals surface area (Å²) in [6.07, 6.45) is 0. The summed E-state index contributed by atoms with van der Waals surface area (Å²) in [7, 11) is -18.4. The van der Waals surface area contributed by atoms with Crippen LogP contribution >= 0.6 is 10.3 Å². The quantitative estimate of drug-likeness (QED) is 0.148. The third-order valence-electron chi connectivity index (χ3n) is 7.27. The average molecular weight is 1420 g/mol. The number of hydrogen-bond acceptors (Lipinski definition) is 10. The van der Waals surface area contributed by atoms with Crippen molar-refractivity contribution >= 4 is 128 Å². The van der Waals surface area contributed by atoms with Crippen LogP contribution in [0, 0.1) is 0 Å². The average Bonchev–Trinajstić information content (AvgIpc) is 3.11. The van der Waals surface area contributed by atoms with Crippen molar-refractivity contribution in [3.63, 3.8) is 0 Å². The maximum atomic E-state index is 6.21. The monoisotopic (exact) mass is 1420 g/mol. The van der Waals surface area contributed by atoms with Crippen molar-refractivity contribution in [1.29, 1.82) is 1.76 Å². The zero-order chi connectivity index (χ0) is 64.5. The van der Waals surface area contributed by atoms with Gasteiger partial charge in [0, 0.05) is 5.94 Å². The molecule has 0 aromatic rings. The third-order valence-corrected chi connectivity index (χ3v) is 50.7. The van der Waals surface area contributed by atoms with Crippen molar-refractivity contribution in [2.45, 2.75) is 289 Å². The summed E-state index contributed by atoms with van der Waals surface area (Å²) in [6.45, 7) is 94.6. The van der Waals surface area contributed by atoms with E-state index in [0.717, 1.165) is 0 Å². The minimum atomic E-state index is -2.11. The zero-order valence-corrected chi connectivity index (χ0v) is 69.2. The van der Waals surface area contributed by atoms with Crippen molar-refractivity contribution in [2.75, 3.05) is 0 Å². The molecule has 0 amide bonds. The Kier molecular flexibility index (Phi) is 64.9. The maximum absolute atomic E-state index is 6.21.